The number of aromatic nitrogens is 2. The van der Waals surface area contributed by atoms with Crippen LogP contribution in [0.1, 0.15) is 21.8 Å². The number of benzene rings is 1. The highest BCUT2D eigenvalue weighted by Crippen LogP contribution is 2.24. The van der Waals surface area contributed by atoms with Crippen molar-refractivity contribution in [2.75, 3.05) is 10.6 Å². The fourth-order valence-corrected chi connectivity index (χ4v) is 4.20. The van der Waals surface area contributed by atoms with E-state index in [0.29, 0.717) is 10.8 Å². The molecule has 0 unspecified atom stereocenters. The number of thioether (sulfide) groups is 1. The minimum absolute atomic E-state index is 0.116. The molecule has 0 spiro atoms. The van der Waals surface area contributed by atoms with E-state index in [1.165, 1.54) is 17.6 Å². The number of thiazole rings is 1. The monoisotopic (exact) mass is 450 g/mol. The number of carbonyl (C=O) groups is 2. The number of rotatable bonds is 8. The molecule has 2 N–H and O–H groups in total. The summed E-state index contributed by atoms with van der Waals surface area (Å²) in [6.07, 6.45) is 5.16. The van der Waals surface area contributed by atoms with Gasteiger partial charge in [-0.2, -0.15) is 0 Å². The van der Waals surface area contributed by atoms with Gasteiger partial charge in [-0.15, -0.1) is 23.1 Å². The van der Waals surface area contributed by atoms with Gasteiger partial charge in [0.05, 0.1) is 18.4 Å². The molecule has 0 bridgehead atoms. The van der Waals surface area contributed by atoms with Crippen LogP contribution in [0.2, 0.25) is 0 Å². The van der Waals surface area contributed by atoms with Gasteiger partial charge < -0.3 is 9.73 Å². The van der Waals surface area contributed by atoms with Gasteiger partial charge in [0.1, 0.15) is 0 Å². The lowest BCUT2D eigenvalue weighted by Crippen LogP contribution is -2.15. The predicted molar refractivity (Wildman–Crippen MR) is 121 cm³/mol. The van der Waals surface area contributed by atoms with Crippen molar-refractivity contribution in [3.63, 3.8) is 0 Å². The van der Waals surface area contributed by atoms with E-state index >= 15 is 0 Å². The molecule has 0 fully saturated rings. The number of carbonyl (C=O) groups excluding carboxylic acids is 2. The Morgan fingerprint density at radius 1 is 1.06 bits per heavy atom. The zero-order valence-electron chi connectivity index (χ0n) is 16.3. The summed E-state index contributed by atoms with van der Waals surface area (Å²) in [7, 11) is 0. The van der Waals surface area contributed by atoms with Crippen LogP contribution < -0.4 is 10.6 Å². The lowest BCUT2D eigenvalue weighted by molar-refractivity contribution is -0.115. The Morgan fingerprint density at radius 3 is 2.68 bits per heavy atom. The van der Waals surface area contributed by atoms with Crippen molar-refractivity contribution in [2.24, 2.45) is 0 Å². The third-order valence-corrected chi connectivity index (χ3v) is 6.01. The Balaban J connectivity index is 1.26. The van der Waals surface area contributed by atoms with Crippen molar-refractivity contribution >= 4 is 45.7 Å². The first kappa shape index (κ1) is 20.8. The molecule has 0 atom stereocenters. The number of nitrogens with one attached hydrogen (secondary N) is 2. The average Bonchev–Trinajstić information content (AvgIpc) is 3.46. The minimum atomic E-state index is -0.378. The highest BCUT2D eigenvalue weighted by Gasteiger charge is 2.13. The second-order valence-corrected chi connectivity index (χ2v) is 8.38. The van der Waals surface area contributed by atoms with Gasteiger partial charge in [-0.3, -0.25) is 19.9 Å². The summed E-state index contributed by atoms with van der Waals surface area (Å²) in [6.45, 7) is 0. The quantitative estimate of drug-likeness (QED) is 0.372. The molecule has 156 valence electrons. The first-order valence-electron chi connectivity index (χ1n) is 9.36. The molecule has 3 heterocycles. The molecular formula is C22H18N4O3S2. The third-order valence-electron chi connectivity index (χ3n) is 4.13. The van der Waals surface area contributed by atoms with Crippen LogP contribution >= 0.6 is 23.1 Å². The highest BCUT2D eigenvalue weighted by atomic mass is 32.2. The average molecular weight is 451 g/mol. The first-order chi connectivity index (χ1) is 15.2. The van der Waals surface area contributed by atoms with Crippen molar-refractivity contribution in [1.29, 1.82) is 0 Å². The van der Waals surface area contributed by atoms with Crippen molar-refractivity contribution < 1.29 is 14.0 Å². The van der Waals surface area contributed by atoms with Crippen molar-refractivity contribution in [3.8, 4) is 0 Å². The molecule has 4 aromatic rings. The van der Waals surface area contributed by atoms with Gasteiger partial charge in [0.2, 0.25) is 5.91 Å². The molecular weight excluding hydrogens is 432 g/mol. The maximum absolute atomic E-state index is 12.3. The Hall–Kier alpha value is -3.43. The summed E-state index contributed by atoms with van der Waals surface area (Å²) in [4.78, 5) is 33.8. The van der Waals surface area contributed by atoms with Crippen LogP contribution in [0.15, 0.2) is 81.9 Å². The molecule has 0 aliphatic carbocycles. The van der Waals surface area contributed by atoms with Crippen LogP contribution in [0.4, 0.5) is 10.8 Å². The molecule has 7 nitrogen and oxygen atoms in total. The molecule has 0 aliphatic rings. The number of amides is 2. The molecule has 0 saturated carbocycles. The van der Waals surface area contributed by atoms with Gasteiger partial charge in [0.25, 0.3) is 5.91 Å². The zero-order chi connectivity index (χ0) is 21.5. The van der Waals surface area contributed by atoms with Gasteiger partial charge in [0.15, 0.2) is 10.9 Å². The summed E-state index contributed by atoms with van der Waals surface area (Å²) in [6, 6.07) is 14.9. The van der Waals surface area contributed by atoms with Gasteiger partial charge in [-0.05, 0) is 48.0 Å². The Morgan fingerprint density at radius 2 is 1.94 bits per heavy atom. The summed E-state index contributed by atoms with van der Waals surface area (Å²) >= 11 is 2.96. The zero-order valence-corrected chi connectivity index (χ0v) is 17.9. The van der Waals surface area contributed by atoms with E-state index in [2.05, 4.69) is 20.6 Å². The number of hydrogen-bond acceptors (Lipinski definition) is 7. The van der Waals surface area contributed by atoms with Gasteiger partial charge in [-0.1, -0.05) is 6.07 Å². The van der Waals surface area contributed by atoms with Crippen LogP contribution in [-0.2, 0) is 17.0 Å². The number of nitrogens with zero attached hydrogens (tertiary/aromatic N) is 2. The molecule has 0 aliphatic heterocycles. The second kappa shape index (κ2) is 10.1. The molecule has 31 heavy (non-hydrogen) atoms. The number of hydrogen-bond donors (Lipinski definition) is 2. The first-order valence-corrected chi connectivity index (χ1v) is 11.2. The Labute approximate surface area is 186 Å². The second-order valence-electron chi connectivity index (χ2n) is 6.47. The number of furan rings is 1. The molecule has 4 rings (SSSR count). The summed E-state index contributed by atoms with van der Waals surface area (Å²) in [5.41, 5.74) is 2.46. The van der Waals surface area contributed by atoms with E-state index in [9.17, 15) is 9.59 Å². The lowest BCUT2D eigenvalue weighted by atomic mass is 10.3. The van der Waals surface area contributed by atoms with E-state index < -0.39 is 0 Å². The lowest BCUT2D eigenvalue weighted by Gasteiger charge is -2.06. The fraction of sp³-hybridized carbons (Fsp3) is 0.0909. The summed E-state index contributed by atoms with van der Waals surface area (Å²) < 4.78 is 5.05. The van der Waals surface area contributed by atoms with Crippen molar-refractivity contribution in [3.05, 3.63) is 89.6 Å². The third kappa shape index (κ3) is 6.03. The highest BCUT2D eigenvalue weighted by molar-refractivity contribution is 7.98. The van der Waals surface area contributed by atoms with Gasteiger partial charge >= 0.3 is 0 Å². The number of anilines is 2. The van der Waals surface area contributed by atoms with Crippen LogP contribution in [0.5, 0.6) is 0 Å². The molecule has 3 aromatic heterocycles. The minimum Gasteiger partial charge on any atom is -0.459 e. The van der Waals surface area contributed by atoms with Crippen molar-refractivity contribution in [1.82, 2.24) is 9.97 Å². The van der Waals surface area contributed by atoms with Crippen LogP contribution in [-0.4, -0.2) is 21.8 Å². The van der Waals surface area contributed by atoms with E-state index in [1.807, 2.05) is 42.6 Å². The SMILES string of the molecule is O=C(Cc1csc(NC(=O)c2ccco2)n1)Nc1ccc(SCc2cccnc2)cc1. The smallest absolute Gasteiger partial charge is 0.293 e. The van der Waals surface area contributed by atoms with Crippen LogP contribution in [0.25, 0.3) is 0 Å². The number of pyridine rings is 1. The van der Waals surface area contributed by atoms with Gasteiger partial charge in [-0.25, -0.2) is 4.98 Å². The molecule has 1 aromatic carbocycles. The maximum atomic E-state index is 12.3. The van der Waals surface area contributed by atoms with E-state index in [-0.39, 0.29) is 24.0 Å². The fourth-order valence-electron chi connectivity index (χ4n) is 2.67. The van der Waals surface area contributed by atoms with Crippen LogP contribution in [0.3, 0.4) is 0 Å². The van der Waals surface area contributed by atoms with Gasteiger partial charge in [0, 0.05) is 34.1 Å². The summed E-state index contributed by atoms with van der Waals surface area (Å²) in [5, 5.41) is 7.68. The predicted octanol–water partition coefficient (Wildman–Crippen LogP) is 4.86. The molecule has 9 heteroatoms. The molecule has 2 amide bonds. The van der Waals surface area contributed by atoms with E-state index in [4.69, 9.17) is 4.42 Å². The Bertz CT molecular complexity index is 1140. The normalized spacial score (nSPS) is 10.6. The Kier molecular flexibility index (Phi) is 6.75. The topological polar surface area (TPSA) is 97.1 Å². The van der Waals surface area contributed by atoms with Crippen LogP contribution in [0, 0.1) is 0 Å². The standard InChI is InChI=1S/C22H18N4O3S2/c27-20(11-17-14-31-22(25-17)26-21(28)19-4-2-10-29-19)24-16-5-7-18(8-6-16)30-13-15-3-1-9-23-12-15/h1-10,12,14H,11,13H2,(H,24,27)(H,25,26,28). The van der Waals surface area contributed by atoms with Crippen molar-refractivity contribution in [2.45, 2.75) is 17.1 Å². The summed E-state index contributed by atoms with van der Waals surface area (Å²) in [5.74, 6) is 0.487. The molecule has 0 radical (unpaired) electrons. The largest absolute Gasteiger partial charge is 0.459 e. The molecule has 0 saturated heterocycles. The van der Waals surface area contributed by atoms with E-state index in [0.717, 1.165) is 21.9 Å². The maximum Gasteiger partial charge on any atom is 0.293 e. The van der Waals surface area contributed by atoms with E-state index in [1.54, 1.807) is 35.5 Å².